The lowest BCUT2D eigenvalue weighted by Gasteiger charge is -2.17. The molecule has 0 saturated carbocycles. The summed E-state index contributed by atoms with van der Waals surface area (Å²) in [6.45, 7) is 2.46. The monoisotopic (exact) mass is 332 g/mol. The third-order valence-electron chi connectivity index (χ3n) is 4.17. The normalized spacial score (nSPS) is 10.5. The van der Waals surface area contributed by atoms with Crippen LogP contribution in [0, 0.1) is 6.92 Å². The van der Waals surface area contributed by atoms with E-state index in [0.29, 0.717) is 6.54 Å². The van der Waals surface area contributed by atoms with E-state index in [2.05, 4.69) is 0 Å². The van der Waals surface area contributed by atoms with Crippen molar-refractivity contribution in [3.05, 3.63) is 100.0 Å². The van der Waals surface area contributed by atoms with Crippen LogP contribution in [0.2, 0.25) is 0 Å². The lowest BCUT2D eigenvalue weighted by molar-refractivity contribution is 0.0991. The van der Waals surface area contributed by atoms with Gasteiger partial charge in [-0.1, -0.05) is 48.0 Å². The molecule has 0 radical (unpaired) electrons. The van der Waals surface area contributed by atoms with E-state index in [1.54, 1.807) is 29.9 Å². The van der Waals surface area contributed by atoms with Crippen LogP contribution < -0.4 is 10.5 Å². The van der Waals surface area contributed by atoms with Crippen LogP contribution in [0.4, 0.5) is 5.69 Å². The number of benzene rings is 2. The van der Waals surface area contributed by atoms with Crippen LogP contribution in [-0.4, -0.2) is 17.5 Å². The molecule has 0 atom stereocenters. The molecule has 25 heavy (non-hydrogen) atoms. The smallest absolute Gasteiger partial charge is 0.263 e. The molecule has 1 aromatic heterocycles. The van der Waals surface area contributed by atoms with Gasteiger partial charge in [0, 0.05) is 18.9 Å². The number of nitrogens with zero attached hydrogens (tertiary/aromatic N) is 2. The number of rotatable bonds is 4. The molecular weight excluding hydrogens is 312 g/mol. The fourth-order valence-corrected chi connectivity index (χ4v) is 2.66. The Labute approximate surface area is 147 Å². The highest BCUT2D eigenvalue weighted by Crippen LogP contribution is 2.13. The Bertz CT molecular complexity index is 928. The van der Waals surface area contributed by atoms with Crippen molar-refractivity contribution in [1.82, 2.24) is 4.57 Å². The van der Waals surface area contributed by atoms with Crippen LogP contribution >= 0.6 is 0 Å². The molecule has 0 unspecified atom stereocenters. The largest absolute Gasteiger partial charge is 0.311 e. The SMILES string of the molecule is Cc1ccc(Cn2cccc(C(=O)N(C)c3ccccc3)c2=O)cc1. The molecule has 0 fully saturated rings. The lowest BCUT2D eigenvalue weighted by Crippen LogP contribution is -2.34. The molecule has 4 nitrogen and oxygen atoms in total. The summed E-state index contributed by atoms with van der Waals surface area (Å²) in [7, 11) is 1.68. The van der Waals surface area contributed by atoms with Crippen molar-refractivity contribution in [1.29, 1.82) is 0 Å². The summed E-state index contributed by atoms with van der Waals surface area (Å²) in [5.41, 5.74) is 2.83. The number of carbonyl (C=O) groups excluding carboxylic acids is 1. The summed E-state index contributed by atoms with van der Waals surface area (Å²) in [6, 6.07) is 20.6. The van der Waals surface area contributed by atoms with E-state index in [1.807, 2.05) is 61.5 Å². The van der Waals surface area contributed by atoms with Crippen molar-refractivity contribution in [2.24, 2.45) is 0 Å². The fraction of sp³-hybridized carbons (Fsp3) is 0.143. The minimum Gasteiger partial charge on any atom is -0.311 e. The van der Waals surface area contributed by atoms with Gasteiger partial charge in [-0.15, -0.1) is 0 Å². The van der Waals surface area contributed by atoms with Gasteiger partial charge in [0.05, 0.1) is 6.54 Å². The number of hydrogen-bond donors (Lipinski definition) is 0. The van der Waals surface area contributed by atoms with Crippen molar-refractivity contribution in [2.45, 2.75) is 13.5 Å². The molecule has 0 saturated heterocycles. The second-order valence-electron chi connectivity index (χ2n) is 6.04. The van der Waals surface area contributed by atoms with Crippen molar-refractivity contribution < 1.29 is 4.79 Å². The number of para-hydroxylation sites is 1. The van der Waals surface area contributed by atoms with E-state index in [-0.39, 0.29) is 17.0 Å². The van der Waals surface area contributed by atoms with E-state index >= 15 is 0 Å². The molecule has 1 heterocycles. The summed E-state index contributed by atoms with van der Waals surface area (Å²) in [6.07, 6.45) is 1.71. The second kappa shape index (κ2) is 7.18. The van der Waals surface area contributed by atoms with Crippen molar-refractivity contribution in [3.8, 4) is 0 Å². The Balaban J connectivity index is 1.89. The maximum Gasteiger partial charge on any atom is 0.263 e. The Kier molecular flexibility index (Phi) is 4.80. The first-order valence-corrected chi connectivity index (χ1v) is 8.14. The molecule has 3 rings (SSSR count). The van der Waals surface area contributed by atoms with E-state index < -0.39 is 0 Å². The number of amides is 1. The van der Waals surface area contributed by atoms with Crippen LogP contribution in [0.3, 0.4) is 0 Å². The summed E-state index contributed by atoms with van der Waals surface area (Å²) >= 11 is 0. The maximum atomic E-state index is 12.7. The van der Waals surface area contributed by atoms with Crippen molar-refractivity contribution in [3.63, 3.8) is 0 Å². The average Bonchev–Trinajstić information content (AvgIpc) is 2.65. The van der Waals surface area contributed by atoms with Gasteiger partial charge in [-0.2, -0.15) is 0 Å². The zero-order valence-electron chi connectivity index (χ0n) is 14.3. The summed E-state index contributed by atoms with van der Waals surface area (Å²) in [4.78, 5) is 27.0. The zero-order valence-corrected chi connectivity index (χ0v) is 14.3. The first kappa shape index (κ1) is 16.7. The quantitative estimate of drug-likeness (QED) is 0.734. The van der Waals surface area contributed by atoms with Crippen LogP contribution in [0.15, 0.2) is 77.7 Å². The van der Waals surface area contributed by atoms with E-state index in [1.165, 1.54) is 10.5 Å². The molecule has 3 aromatic rings. The number of pyridine rings is 1. The highest BCUT2D eigenvalue weighted by Gasteiger charge is 2.17. The maximum absolute atomic E-state index is 12.7. The van der Waals surface area contributed by atoms with E-state index in [0.717, 1.165) is 11.3 Å². The molecule has 0 aliphatic carbocycles. The van der Waals surface area contributed by atoms with Gasteiger partial charge in [-0.25, -0.2) is 0 Å². The Hall–Kier alpha value is -3.14. The van der Waals surface area contributed by atoms with Crippen LogP contribution in [-0.2, 0) is 6.54 Å². The molecule has 0 aliphatic heterocycles. The van der Waals surface area contributed by atoms with E-state index in [4.69, 9.17) is 0 Å². The minimum absolute atomic E-state index is 0.168. The Morgan fingerprint density at radius 2 is 1.64 bits per heavy atom. The predicted molar refractivity (Wildman–Crippen MR) is 100 cm³/mol. The van der Waals surface area contributed by atoms with Gasteiger partial charge in [0.1, 0.15) is 5.56 Å². The van der Waals surface area contributed by atoms with Crippen LogP contribution in [0.25, 0.3) is 0 Å². The molecule has 0 bridgehead atoms. The number of anilines is 1. The first-order chi connectivity index (χ1) is 12.1. The topological polar surface area (TPSA) is 42.3 Å². The van der Waals surface area contributed by atoms with Crippen molar-refractivity contribution >= 4 is 11.6 Å². The zero-order chi connectivity index (χ0) is 17.8. The molecule has 0 aliphatic rings. The summed E-state index contributed by atoms with van der Waals surface area (Å²) in [5.74, 6) is -0.311. The van der Waals surface area contributed by atoms with Gasteiger partial charge < -0.3 is 9.47 Å². The summed E-state index contributed by atoms with van der Waals surface area (Å²) < 4.78 is 1.57. The third-order valence-corrected chi connectivity index (χ3v) is 4.17. The van der Waals surface area contributed by atoms with Gasteiger partial charge in [0.15, 0.2) is 0 Å². The molecular formula is C21H20N2O2. The standard InChI is InChI=1S/C21H20N2O2/c1-16-10-12-17(13-11-16)15-23-14-6-9-19(21(23)25)20(24)22(2)18-7-4-3-5-8-18/h3-14H,15H2,1-2H3. The van der Waals surface area contributed by atoms with Gasteiger partial charge in [0.2, 0.25) is 0 Å². The number of aromatic nitrogens is 1. The van der Waals surface area contributed by atoms with Gasteiger partial charge in [-0.05, 0) is 36.8 Å². The Morgan fingerprint density at radius 3 is 2.32 bits per heavy atom. The molecule has 126 valence electrons. The molecule has 2 aromatic carbocycles. The Morgan fingerprint density at radius 1 is 0.960 bits per heavy atom. The highest BCUT2D eigenvalue weighted by atomic mass is 16.2. The van der Waals surface area contributed by atoms with Gasteiger partial charge >= 0.3 is 0 Å². The minimum atomic E-state index is -0.311. The van der Waals surface area contributed by atoms with Gasteiger partial charge in [0.25, 0.3) is 11.5 Å². The first-order valence-electron chi connectivity index (χ1n) is 8.14. The van der Waals surface area contributed by atoms with Crippen LogP contribution in [0.5, 0.6) is 0 Å². The third kappa shape index (κ3) is 3.69. The van der Waals surface area contributed by atoms with Crippen LogP contribution in [0.1, 0.15) is 21.5 Å². The molecule has 1 amide bonds. The second-order valence-corrected chi connectivity index (χ2v) is 6.04. The van der Waals surface area contributed by atoms with E-state index in [9.17, 15) is 9.59 Å². The predicted octanol–water partition coefficient (Wildman–Crippen LogP) is 3.48. The molecule has 0 spiro atoms. The average molecular weight is 332 g/mol. The molecule has 4 heteroatoms. The van der Waals surface area contributed by atoms with Gasteiger partial charge in [-0.3, -0.25) is 9.59 Å². The lowest BCUT2D eigenvalue weighted by atomic mass is 10.1. The fourth-order valence-electron chi connectivity index (χ4n) is 2.66. The highest BCUT2D eigenvalue weighted by molar-refractivity contribution is 6.05. The number of hydrogen-bond acceptors (Lipinski definition) is 2. The molecule has 0 N–H and O–H groups in total. The number of aryl methyl sites for hydroxylation is 1. The summed E-state index contributed by atoms with van der Waals surface area (Å²) in [5, 5.41) is 0. The number of carbonyl (C=O) groups is 1. The van der Waals surface area contributed by atoms with Crippen molar-refractivity contribution in [2.75, 3.05) is 11.9 Å².